The molecule has 2 N–H and O–H groups in total. The molecule has 0 aliphatic carbocycles. The number of benzene rings is 1. The van der Waals surface area contributed by atoms with E-state index < -0.39 is 0 Å². The second-order valence-electron chi connectivity index (χ2n) is 4.39. The van der Waals surface area contributed by atoms with Crippen LogP contribution >= 0.6 is 0 Å². The molecule has 0 bridgehead atoms. The number of ether oxygens (including phenoxy) is 1. The summed E-state index contributed by atoms with van der Waals surface area (Å²) in [7, 11) is 0. The van der Waals surface area contributed by atoms with E-state index in [0.29, 0.717) is 17.9 Å². The minimum absolute atomic E-state index is 0.281. The van der Waals surface area contributed by atoms with Gasteiger partial charge >= 0.3 is 0 Å². The van der Waals surface area contributed by atoms with Crippen molar-refractivity contribution in [3.8, 4) is 5.75 Å². The lowest BCUT2D eigenvalue weighted by Gasteiger charge is -2.14. The van der Waals surface area contributed by atoms with E-state index in [9.17, 15) is 4.39 Å². The Balaban J connectivity index is 2.15. The largest absolute Gasteiger partial charge is 0.485 e. The smallest absolute Gasteiger partial charge is 0.146 e. The number of aryl methyl sites for hydroxylation is 1. The molecule has 1 aromatic carbocycles. The molecular weight excluding hydrogens is 245 g/mol. The molecular formula is C14H18FN3O. The fourth-order valence-corrected chi connectivity index (χ4v) is 1.92. The molecule has 0 fully saturated rings. The Labute approximate surface area is 112 Å². The molecule has 0 spiro atoms. The van der Waals surface area contributed by atoms with Gasteiger partial charge in [-0.1, -0.05) is 0 Å². The number of aromatic nitrogens is 2. The van der Waals surface area contributed by atoms with Crippen LogP contribution in [0.15, 0.2) is 30.6 Å². The Morgan fingerprint density at radius 2 is 2.26 bits per heavy atom. The van der Waals surface area contributed by atoms with E-state index in [4.69, 9.17) is 10.5 Å². The first-order valence-electron chi connectivity index (χ1n) is 6.29. The van der Waals surface area contributed by atoms with Crippen LogP contribution in [0, 0.1) is 5.82 Å². The van der Waals surface area contributed by atoms with E-state index in [0.717, 1.165) is 12.4 Å². The Morgan fingerprint density at radius 1 is 1.47 bits per heavy atom. The Bertz CT molecular complexity index is 551. The molecule has 0 radical (unpaired) electrons. The van der Waals surface area contributed by atoms with E-state index in [2.05, 4.69) is 4.98 Å². The zero-order chi connectivity index (χ0) is 13.8. The molecule has 102 valence electrons. The van der Waals surface area contributed by atoms with E-state index in [1.54, 1.807) is 19.2 Å². The average Bonchev–Trinajstić information content (AvgIpc) is 2.84. The van der Waals surface area contributed by atoms with Gasteiger partial charge in [0.25, 0.3) is 0 Å². The maximum atomic E-state index is 13.2. The van der Waals surface area contributed by atoms with Gasteiger partial charge in [-0.25, -0.2) is 9.37 Å². The van der Waals surface area contributed by atoms with Crippen molar-refractivity contribution in [2.45, 2.75) is 33.0 Å². The van der Waals surface area contributed by atoms with Gasteiger partial charge in [0.15, 0.2) is 0 Å². The first-order chi connectivity index (χ1) is 9.11. The molecule has 0 aliphatic rings. The van der Waals surface area contributed by atoms with E-state index in [-0.39, 0.29) is 11.9 Å². The summed E-state index contributed by atoms with van der Waals surface area (Å²) in [6, 6.07) is 4.10. The second-order valence-corrected chi connectivity index (χ2v) is 4.39. The fraction of sp³-hybridized carbons (Fsp3) is 0.357. The summed E-state index contributed by atoms with van der Waals surface area (Å²) in [5.74, 6) is 1.12. The summed E-state index contributed by atoms with van der Waals surface area (Å²) >= 11 is 0. The van der Waals surface area contributed by atoms with Crippen LogP contribution in [0.5, 0.6) is 5.75 Å². The predicted octanol–water partition coefficient (Wildman–Crippen LogP) is 2.64. The van der Waals surface area contributed by atoms with Crippen molar-refractivity contribution in [1.82, 2.24) is 9.55 Å². The average molecular weight is 263 g/mol. The van der Waals surface area contributed by atoms with Crippen LogP contribution < -0.4 is 10.5 Å². The highest BCUT2D eigenvalue weighted by molar-refractivity contribution is 5.36. The van der Waals surface area contributed by atoms with Gasteiger partial charge in [-0.05, 0) is 32.0 Å². The highest BCUT2D eigenvalue weighted by Crippen LogP contribution is 2.25. The van der Waals surface area contributed by atoms with Crippen LogP contribution in [0.2, 0.25) is 0 Å². The number of hydrogen-bond acceptors (Lipinski definition) is 3. The summed E-state index contributed by atoms with van der Waals surface area (Å²) < 4.78 is 20.9. The lowest BCUT2D eigenvalue weighted by Crippen LogP contribution is -2.10. The Kier molecular flexibility index (Phi) is 4.16. The van der Waals surface area contributed by atoms with Crippen molar-refractivity contribution >= 4 is 0 Å². The molecule has 2 aromatic rings. The number of nitrogens with zero attached hydrogens (tertiary/aromatic N) is 2. The summed E-state index contributed by atoms with van der Waals surface area (Å²) in [5.41, 5.74) is 6.48. The first kappa shape index (κ1) is 13.5. The number of imidazole rings is 1. The van der Waals surface area contributed by atoms with Gasteiger partial charge in [0.2, 0.25) is 0 Å². The van der Waals surface area contributed by atoms with Crippen molar-refractivity contribution in [3.05, 3.63) is 47.8 Å². The third kappa shape index (κ3) is 3.12. The number of nitrogens with two attached hydrogens (primary N) is 1. The van der Waals surface area contributed by atoms with E-state index >= 15 is 0 Å². The summed E-state index contributed by atoms with van der Waals surface area (Å²) in [6.45, 7) is 5.01. The molecule has 1 atom stereocenters. The van der Waals surface area contributed by atoms with Crippen LogP contribution in [0.1, 0.15) is 31.3 Å². The van der Waals surface area contributed by atoms with Crippen LogP contribution in [0.25, 0.3) is 0 Å². The normalized spacial score (nSPS) is 12.4. The van der Waals surface area contributed by atoms with Crippen LogP contribution in [0.4, 0.5) is 4.39 Å². The molecule has 2 rings (SSSR count). The van der Waals surface area contributed by atoms with Gasteiger partial charge in [0.05, 0.1) is 0 Å². The zero-order valence-corrected chi connectivity index (χ0v) is 11.1. The predicted molar refractivity (Wildman–Crippen MR) is 71.2 cm³/mol. The van der Waals surface area contributed by atoms with Gasteiger partial charge in [-0.3, -0.25) is 0 Å². The lowest BCUT2D eigenvalue weighted by atomic mass is 10.1. The van der Waals surface area contributed by atoms with E-state index in [1.807, 2.05) is 17.7 Å². The SMILES string of the molecule is CCn1ccnc1COc1ccc(F)cc1C(C)N. The minimum Gasteiger partial charge on any atom is -0.485 e. The number of hydrogen-bond donors (Lipinski definition) is 1. The summed E-state index contributed by atoms with van der Waals surface area (Å²) in [4.78, 5) is 4.23. The highest BCUT2D eigenvalue weighted by Gasteiger charge is 2.11. The van der Waals surface area contributed by atoms with Crippen molar-refractivity contribution in [3.63, 3.8) is 0 Å². The molecule has 1 aromatic heterocycles. The standard InChI is InChI=1S/C14H18FN3O/c1-3-18-7-6-17-14(18)9-19-13-5-4-11(15)8-12(13)10(2)16/h4-8,10H,3,9,16H2,1-2H3. The third-order valence-corrected chi connectivity index (χ3v) is 2.96. The maximum absolute atomic E-state index is 13.2. The number of halogens is 1. The molecule has 1 unspecified atom stereocenters. The summed E-state index contributed by atoms with van der Waals surface area (Å²) in [5, 5.41) is 0. The molecule has 0 saturated carbocycles. The quantitative estimate of drug-likeness (QED) is 0.902. The van der Waals surface area contributed by atoms with Crippen molar-refractivity contribution in [1.29, 1.82) is 0 Å². The van der Waals surface area contributed by atoms with Gasteiger partial charge in [-0.2, -0.15) is 0 Å². The van der Waals surface area contributed by atoms with E-state index in [1.165, 1.54) is 12.1 Å². The lowest BCUT2D eigenvalue weighted by molar-refractivity contribution is 0.285. The molecule has 5 heteroatoms. The monoisotopic (exact) mass is 263 g/mol. The van der Waals surface area contributed by atoms with Crippen molar-refractivity contribution in [2.24, 2.45) is 5.73 Å². The van der Waals surface area contributed by atoms with Crippen LogP contribution in [-0.4, -0.2) is 9.55 Å². The molecule has 4 nitrogen and oxygen atoms in total. The van der Waals surface area contributed by atoms with Crippen molar-refractivity contribution in [2.75, 3.05) is 0 Å². The molecule has 1 heterocycles. The van der Waals surface area contributed by atoms with Gasteiger partial charge in [0, 0.05) is 30.5 Å². The highest BCUT2D eigenvalue weighted by atomic mass is 19.1. The minimum atomic E-state index is -0.310. The van der Waals surface area contributed by atoms with Crippen molar-refractivity contribution < 1.29 is 9.13 Å². The number of rotatable bonds is 5. The van der Waals surface area contributed by atoms with Crippen LogP contribution in [0.3, 0.4) is 0 Å². The van der Waals surface area contributed by atoms with Crippen LogP contribution in [-0.2, 0) is 13.2 Å². The third-order valence-electron chi connectivity index (χ3n) is 2.96. The molecule has 0 aliphatic heterocycles. The topological polar surface area (TPSA) is 53.1 Å². The molecule has 0 amide bonds. The maximum Gasteiger partial charge on any atom is 0.146 e. The Morgan fingerprint density at radius 3 is 2.95 bits per heavy atom. The van der Waals surface area contributed by atoms with Gasteiger partial charge in [-0.15, -0.1) is 0 Å². The summed E-state index contributed by atoms with van der Waals surface area (Å²) in [6.07, 6.45) is 3.63. The Hall–Kier alpha value is -1.88. The van der Waals surface area contributed by atoms with Gasteiger partial charge in [0.1, 0.15) is 24.0 Å². The first-order valence-corrected chi connectivity index (χ1v) is 6.29. The molecule has 19 heavy (non-hydrogen) atoms. The second kappa shape index (κ2) is 5.84. The molecule has 0 saturated heterocycles. The van der Waals surface area contributed by atoms with Gasteiger partial charge < -0.3 is 15.0 Å². The fourth-order valence-electron chi connectivity index (χ4n) is 1.92. The zero-order valence-electron chi connectivity index (χ0n) is 11.1.